The predicted molar refractivity (Wildman–Crippen MR) is 55.8 cm³/mol. The van der Waals surface area contributed by atoms with E-state index in [-0.39, 0.29) is 0 Å². The van der Waals surface area contributed by atoms with Crippen LogP contribution in [0.4, 0.5) is 0 Å². The van der Waals surface area contributed by atoms with Gasteiger partial charge in [0.05, 0.1) is 6.20 Å². The van der Waals surface area contributed by atoms with Crippen LogP contribution in [0.15, 0.2) is 12.3 Å². The lowest BCUT2D eigenvalue weighted by Crippen LogP contribution is -2.03. The van der Waals surface area contributed by atoms with E-state index in [0.717, 1.165) is 5.56 Å². The van der Waals surface area contributed by atoms with Crippen molar-refractivity contribution < 1.29 is 0 Å². The Morgan fingerprint density at radius 3 is 2.93 bits per heavy atom. The summed E-state index contributed by atoms with van der Waals surface area (Å²) in [5.41, 5.74) is 7.09. The molecule has 0 radical (unpaired) electrons. The molecule has 0 saturated heterocycles. The second-order valence-corrected chi connectivity index (χ2v) is 3.62. The first-order chi connectivity index (χ1) is 6.72. The minimum atomic E-state index is 0.362. The quantitative estimate of drug-likeness (QED) is 0.797. The number of aromatic nitrogens is 3. The van der Waals surface area contributed by atoms with Crippen LogP contribution in [0.25, 0.3) is 5.65 Å². The van der Waals surface area contributed by atoms with E-state index in [2.05, 4.69) is 10.1 Å². The third-order valence-electron chi connectivity index (χ3n) is 1.88. The van der Waals surface area contributed by atoms with Crippen LogP contribution in [-0.4, -0.2) is 21.1 Å². The van der Waals surface area contributed by atoms with Crippen LogP contribution >= 0.6 is 23.2 Å². The molecule has 0 fully saturated rings. The molecule has 2 rings (SSSR count). The first-order valence-electron chi connectivity index (χ1n) is 4.11. The summed E-state index contributed by atoms with van der Waals surface area (Å²) in [5.74, 6) is 0. The normalized spacial score (nSPS) is 11.1. The monoisotopic (exact) mass is 230 g/mol. The van der Waals surface area contributed by atoms with Gasteiger partial charge < -0.3 is 5.73 Å². The van der Waals surface area contributed by atoms with Crippen LogP contribution in [0.2, 0.25) is 10.3 Å². The summed E-state index contributed by atoms with van der Waals surface area (Å²) in [6, 6.07) is 1.55. The number of nitrogens with zero attached hydrogens (tertiary/aromatic N) is 3. The predicted octanol–water partition coefficient (Wildman–Crippen LogP) is 1.54. The third-order valence-corrected chi connectivity index (χ3v) is 2.35. The molecule has 2 heterocycles. The second kappa shape index (κ2) is 3.73. The van der Waals surface area contributed by atoms with Crippen molar-refractivity contribution in [2.24, 2.45) is 5.73 Å². The van der Waals surface area contributed by atoms with E-state index < -0.39 is 0 Å². The largest absolute Gasteiger partial charge is 0.330 e. The van der Waals surface area contributed by atoms with Gasteiger partial charge in [-0.3, -0.25) is 0 Å². The molecular formula is C8H8Cl2N4. The summed E-state index contributed by atoms with van der Waals surface area (Å²) >= 11 is 11.7. The highest BCUT2D eigenvalue weighted by Crippen LogP contribution is 2.18. The van der Waals surface area contributed by atoms with Crippen LogP contribution in [0, 0.1) is 0 Å². The maximum atomic E-state index is 5.92. The molecule has 0 saturated carbocycles. The first kappa shape index (κ1) is 9.71. The molecule has 2 aromatic heterocycles. The third kappa shape index (κ3) is 1.56. The van der Waals surface area contributed by atoms with Crippen LogP contribution < -0.4 is 5.73 Å². The molecule has 0 bridgehead atoms. The highest BCUT2D eigenvalue weighted by Gasteiger charge is 2.08. The van der Waals surface area contributed by atoms with E-state index in [4.69, 9.17) is 28.9 Å². The number of hydrogen-bond donors (Lipinski definition) is 1. The van der Waals surface area contributed by atoms with Crippen LogP contribution in [0.5, 0.6) is 0 Å². The summed E-state index contributed by atoms with van der Waals surface area (Å²) < 4.78 is 1.54. The highest BCUT2D eigenvalue weighted by atomic mass is 35.5. The van der Waals surface area contributed by atoms with Gasteiger partial charge >= 0.3 is 0 Å². The Bertz CT molecular complexity index is 466. The van der Waals surface area contributed by atoms with E-state index in [1.54, 1.807) is 16.8 Å². The summed E-state index contributed by atoms with van der Waals surface area (Å²) in [7, 11) is 0. The Hall–Kier alpha value is -0.840. The molecule has 0 aliphatic rings. The van der Waals surface area contributed by atoms with E-state index in [1.807, 2.05) is 0 Å². The van der Waals surface area contributed by atoms with E-state index in [0.29, 0.717) is 28.9 Å². The standard InChI is InChI=1S/C8H8Cl2N4/c9-6-3-7(10)14-8(13-6)5(1-2-11)4-12-14/h3-4H,1-2,11H2. The summed E-state index contributed by atoms with van der Waals surface area (Å²) in [5, 5.41) is 4.90. The van der Waals surface area contributed by atoms with E-state index >= 15 is 0 Å². The van der Waals surface area contributed by atoms with Gasteiger partial charge in [-0.2, -0.15) is 5.10 Å². The van der Waals surface area contributed by atoms with E-state index in [9.17, 15) is 0 Å². The fourth-order valence-electron chi connectivity index (χ4n) is 1.28. The van der Waals surface area contributed by atoms with Gasteiger partial charge in [0, 0.05) is 11.6 Å². The van der Waals surface area contributed by atoms with Gasteiger partial charge in [-0.1, -0.05) is 23.2 Å². The van der Waals surface area contributed by atoms with Crippen molar-refractivity contribution in [1.82, 2.24) is 14.6 Å². The molecule has 2 N–H and O–H groups in total. The highest BCUT2D eigenvalue weighted by molar-refractivity contribution is 6.33. The molecule has 4 nitrogen and oxygen atoms in total. The Morgan fingerprint density at radius 2 is 2.21 bits per heavy atom. The lowest BCUT2D eigenvalue weighted by atomic mass is 10.2. The molecule has 0 aromatic carbocycles. The van der Waals surface area contributed by atoms with Gasteiger partial charge in [-0.05, 0) is 13.0 Å². The fraction of sp³-hybridized carbons (Fsp3) is 0.250. The molecule has 0 aliphatic heterocycles. The van der Waals surface area contributed by atoms with Gasteiger partial charge in [0.1, 0.15) is 10.3 Å². The van der Waals surface area contributed by atoms with Crippen molar-refractivity contribution in [2.45, 2.75) is 6.42 Å². The topological polar surface area (TPSA) is 56.2 Å². The maximum Gasteiger partial charge on any atom is 0.161 e. The fourth-order valence-corrected chi connectivity index (χ4v) is 1.74. The molecule has 74 valence electrons. The second-order valence-electron chi connectivity index (χ2n) is 2.85. The molecule has 0 unspecified atom stereocenters. The SMILES string of the molecule is NCCc1cnn2c(Cl)cc(Cl)nc12. The van der Waals surface area contributed by atoms with Crippen LogP contribution in [-0.2, 0) is 6.42 Å². The summed E-state index contributed by atoms with van der Waals surface area (Å²) in [4.78, 5) is 4.14. The molecule has 14 heavy (non-hydrogen) atoms. The van der Waals surface area contributed by atoms with Crippen molar-refractivity contribution in [3.05, 3.63) is 28.1 Å². The van der Waals surface area contributed by atoms with Gasteiger partial charge in [0.2, 0.25) is 0 Å². The van der Waals surface area contributed by atoms with Crippen LogP contribution in [0.1, 0.15) is 5.56 Å². The number of hydrogen-bond acceptors (Lipinski definition) is 3. The van der Waals surface area contributed by atoms with Crippen molar-refractivity contribution in [3.63, 3.8) is 0 Å². The number of halogens is 2. The number of fused-ring (bicyclic) bond motifs is 1. The van der Waals surface area contributed by atoms with Gasteiger partial charge in [-0.25, -0.2) is 9.50 Å². The van der Waals surface area contributed by atoms with Gasteiger partial charge in [0.25, 0.3) is 0 Å². The lowest BCUT2D eigenvalue weighted by molar-refractivity contribution is 0.939. The smallest absolute Gasteiger partial charge is 0.161 e. The van der Waals surface area contributed by atoms with Gasteiger partial charge in [-0.15, -0.1) is 0 Å². The number of rotatable bonds is 2. The summed E-state index contributed by atoms with van der Waals surface area (Å²) in [6.07, 6.45) is 2.42. The number of nitrogens with two attached hydrogens (primary N) is 1. The van der Waals surface area contributed by atoms with Crippen LogP contribution in [0.3, 0.4) is 0 Å². The molecule has 0 amide bonds. The molecule has 0 aliphatic carbocycles. The zero-order valence-corrected chi connectivity index (χ0v) is 8.76. The summed E-state index contributed by atoms with van der Waals surface area (Å²) in [6.45, 7) is 0.549. The molecular weight excluding hydrogens is 223 g/mol. The average molecular weight is 231 g/mol. The molecule has 6 heteroatoms. The Kier molecular flexibility index (Phi) is 2.58. The maximum absolute atomic E-state index is 5.92. The minimum absolute atomic E-state index is 0.362. The van der Waals surface area contributed by atoms with Crippen molar-refractivity contribution in [3.8, 4) is 0 Å². The van der Waals surface area contributed by atoms with Crippen molar-refractivity contribution >= 4 is 28.8 Å². The van der Waals surface area contributed by atoms with Crippen molar-refractivity contribution in [1.29, 1.82) is 0 Å². The zero-order chi connectivity index (χ0) is 10.1. The molecule has 0 atom stereocenters. The Morgan fingerprint density at radius 1 is 1.43 bits per heavy atom. The lowest BCUT2D eigenvalue weighted by Gasteiger charge is -1.98. The Balaban J connectivity index is 2.66. The Labute approximate surface area is 90.6 Å². The molecule has 2 aromatic rings. The van der Waals surface area contributed by atoms with E-state index in [1.165, 1.54) is 0 Å². The van der Waals surface area contributed by atoms with Gasteiger partial charge in [0.15, 0.2) is 5.65 Å². The first-order valence-corrected chi connectivity index (χ1v) is 4.86. The molecule has 0 spiro atoms. The van der Waals surface area contributed by atoms with Crippen molar-refractivity contribution in [2.75, 3.05) is 6.54 Å². The average Bonchev–Trinajstić information content (AvgIpc) is 2.49. The zero-order valence-electron chi connectivity index (χ0n) is 7.24. The minimum Gasteiger partial charge on any atom is -0.330 e.